The maximum absolute atomic E-state index is 5.66. The van der Waals surface area contributed by atoms with Crippen LogP contribution in [0.25, 0.3) is 0 Å². The zero-order chi connectivity index (χ0) is 12.1. The van der Waals surface area contributed by atoms with Gasteiger partial charge in [0.05, 0.1) is 6.04 Å². The molecular weight excluding hydrogens is 230 g/mol. The smallest absolute Gasteiger partial charge is 0.0611 e. The van der Waals surface area contributed by atoms with Crippen molar-refractivity contribution in [3.05, 3.63) is 52.0 Å². The Balaban J connectivity index is 2.17. The lowest BCUT2D eigenvalue weighted by molar-refractivity contribution is 0.551. The van der Waals surface area contributed by atoms with Crippen LogP contribution in [-0.2, 0) is 12.8 Å². The summed E-state index contributed by atoms with van der Waals surface area (Å²) in [4.78, 5) is 5.66. The molecule has 2 aromatic heterocycles. The average molecular weight is 247 g/mol. The van der Waals surface area contributed by atoms with E-state index >= 15 is 0 Å². The quantitative estimate of drug-likeness (QED) is 0.630. The van der Waals surface area contributed by atoms with Crippen LogP contribution in [0.3, 0.4) is 0 Å². The summed E-state index contributed by atoms with van der Waals surface area (Å²) in [7, 11) is 0. The Labute approximate surface area is 106 Å². The van der Waals surface area contributed by atoms with Crippen molar-refractivity contribution in [3.8, 4) is 0 Å². The first kappa shape index (κ1) is 12.2. The first-order valence-corrected chi connectivity index (χ1v) is 6.65. The molecule has 3 nitrogen and oxygen atoms in total. The van der Waals surface area contributed by atoms with Gasteiger partial charge in [-0.15, -0.1) is 11.3 Å². The van der Waals surface area contributed by atoms with Crippen LogP contribution >= 0.6 is 11.3 Å². The van der Waals surface area contributed by atoms with Crippen molar-refractivity contribution >= 4 is 11.3 Å². The van der Waals surface area contributed by atoms with Crippen LogP contribution in [0, 0.1) is 0 Å². The molecule has 0 spiro atoms. The normalized spacial score (nSPS) is 12.6. The highest BCUT2D eigenvalue weighted by Crippen LogP contribution is 2.26. The molecule has 0 fully saturated rings. The van der Waals surface area contributed by atoms with Crippen molar-refractivity contribution < 1.29 is 0 Å². The van der Waals surface area contributed by atoms with E-state index in [1.165, 1.54) is 10.4 Å². The first-order chi connectivity index (χ1) is 8.35. The summed E-state index contributed by atoms with van der Waals surface area (Å²) in [6.45, 7) is 2.17. The Morgan fingerprint density at radius 1 is 1.41 bits per heavy atom. The van der Waals surface area contributed by atoms with E-state index in [0.29, 0.717) is 0 Å². The second kappa shape index (κ2) is 5.91. The van der Waals surface area contributed by atoms with E-state index in [9.17, 15) is 0 Å². The number of thiophene rings is 1. The highest BCUT2D eigenvalue weighted by Gasteiger charge is 2.15. The zero-order valence-electron chi connectivity index (χ0n) is 9.89. The average Bonchev–Trinajstić information content (AvgIpc) is 2.85. The predicted molar refractivity (Wildman–Crippen MR) is 71.7 cm³/mol. The van der Waals surface area contributed by atoms with Gasteiger partial charge in [0.25, 0.3) is 0 Å². The Bertz CT molecular complexity index is 453. The molecule has 0 aliphatic carbocycles. The fraction of sp³-hybridized carbons (Fsp3) is 0.308. The fourth-order valence-corrected chi connectivity index (χ4v) is 2.96. The monoisotopic (exact) mass is 247 g/mol. The number of nitrogens with one attached hydrogen (secondary N) is 1. The van der Waals surface area contributed by atoms with E-state index in [1.807, 2.05) is 24.4 Å². The Morgan fingerprint density at radius 3 is 2.94 bits per heavy atom. The van der Waals surface area contributed by atoms with Crippen LogP contribution in [0.4, 0.5) is 0 Å². The molecule has 0 aromatic carbocycles. The topological polar surface area (TPSA) is 50.9 Å². The molecule has 1 atom stereocenters. The number of hydrogen-bond donors (Lipinski definition) is 2. The molecule has 0 aliphatic rings. The van der Waals surface area contributed by atoms with E-state index in [2.05, 4.69) is 28.8 Å². The number of nitrogens with zero attached hydrogens (tertiary/aromatic N) is 1. The number of aryl methyl sites for hydroxylation is 1. The molecule has 2 aromatic rings. The van der Waals surface area contributed by atoms with Crippen LogP contribution in [0.5, 0.6) is 0 Å². The number of rotatable bonds is 5. The number of nitrogens with two attached hydrogens (primary N) is 1. The van der Waals surface area contributed by atoms with Gasteiger partial charge in [-0.25, -0.2) is 0 Å². The third-order valence-corrected chi connectivity index (χ3v) is 3.89. The zero-order valence-corrected chi connectivity index (χ0v) is 10.7. The van der Waals surface area contributed by atoms with Gasteiger partial charge in [-0.1, -0.05) is 13.0 Å². The van der Waals surface area contributed by atoms with Gasteiger partial charge in [-0.2, -0.15) is 0 Å². The summed E-state index contributed by atoms with van der Waals surface area (Å²) in [5.74, 6) is 5.66. The minimum absolute atomic E-state index is 0.153. The summed E-state index contributed by atoms with van der Waals surface area (Å²) in [6, 6.07) is 8.29. The third kappa shape index (κ3) is 2.91. The van der Waals surface area contributed by atoms with E-state index in [1.54, 1.807) is 11.3 Å². The molecule has 0 aliphatic heterocycles. The molecule has 4 heteroatoms. The summed E-state index contributed by atoms with van der Waals surface area (Å²) in [6.07, 6.45) is 3.68. The minimum Gasteiger partial charge on any atom is -0.271 e. The summed E-state index contributed by atoms with van der Waals surface area (Å²) in [5, 5.41) is 2.12. The Hall–Kier alpha value is -1.23. The molecule has 0 saturated heterocycles. The van der Waals surface area contributed by atoms with Crippen LogP contribution in [0.15, 0.2) is 35.8 Å². The SMILES string of the molecule is CCc1ccsc1C(Cc1ccccn1)NN. The van der Waals surface area contributed by atoms with Gasteiger partial charge in [0.2, 0.25) is 0 Å². The summed E-state index contributed by atoms with van der Waals surface area (Å²) < 4.78 is 0. The fourth-order valence-electron chi connectivity index (χ4n) is 1.90. The van der Waals surface area contributed by atoms with Gasteiger partial charge < -0.3 is 0 Å². The van der Waals surface area contributed by atoms with Gasteiger partial charge in [0, 0.05) is 23.2 Å². The number of pyridine rings is 1. The van der Waals surface area contributed by atoms with Crippen molar-refractivity contribution in [1.29, 1.82) is 0 Å². The third-order valence-electron chi connectivity index (χ3n) is 2.82. The van der Waals surface area contributed by atoms with Crippen molar-refractivity contribution in [1.82, 2.24) is 10.4 Å². The molecule has 2 rings (SSSR count). The molecule has 0 amide bonds. The van der Waals surface area contributed by atoms with Gasteiger partial charge in [0.1, 0.15) is 0 Å². The van der Waals surface area contributed by atoms with Crippen LogP contribution in [-0.4, -0.2) is 4.98 Å². The lowest BCUT2D eigenvalue weighted by Gasteiger charge is -2.15. The molecule has 0 saturated carbocycles. The molecule has 0 bridgehead atoms. The van der Waals surface area contributed by atoms with Crippen molar-refractivity contribution in [3.63, 3.8) is 0 Å². The maximum atomic E-state index is 5.66. The van der Waals surface area contributed by atoms with Crippen LogP contribution < -0.4 is 11.3 Å². The minimum atomic E-state index is 0.153. The summed E-state index contributed by atoms with van der Waals surface area (Å²) in [5.41, 5.74) is 5.33. The second-order valence-electron chi connectivity index (χ2n) is 3.91. The molecule has 0 radical (unpaired) electrons. The number of hydrogen-bond acceptors (Lipinski definition) is 4. The van der Waals surface area contributed by atoms with Gasteiger partial charge in [-0.05, 0) is 35.6 Å². The van der Waals surface area contributed by atoms with E-state index in [0.717, 1.165) is 18.5 Å². The predicted octanol–water partition coefficient (Wildman–Crippen LogP) is 2.45. The van der Waals surface area contributed by atoms with Crippen molar-refractivity contribution in [2.24, 2.45) is 5.84 Å². The molecule has 2 heterocycles. The van der Waals surface area contributed by atoms with Gasteiger partial charge in [-0.3, -0.25) is 16.3 Å². The standard InChI is InChI=1S/C13H17N3S/c1-2-10-6-8-17-13(10)12(16-14)9-11-5-3-4-7-15-11/h3-8,12,16H,2,9,14H2,1H3. The molecular formula is C13H17N3S. The van der Waals surface area contributed by atoms with E-state index in [-0.39, 0.29) is 6.04 Å². The largest absolute Gasteiger partial charge is 0.271 e. The number of hydrazine groups is 1. The molecule has 90 valence electrons. The molecule has 3 N–H and O–H groups in total. The maximum Gasteiger partial charge on any atom is 0.0611 e. The first-order valence-electron chi connectivity index (χ1n) is 5.77. The molecule has 1 unspecified atom stereocenters. The lowest BCUT2D eigenvalue weighted by Crippen LogP contribution is -2.29. The van der Waals surface area contributed by atoms with E-state index in [4.69, 9.17) is 5.84 Å². The van der Waals surface area contributed by atoms with Crippen LogP contribution in [0.2, 0.25) is 0 Å². The highest BCUT2D eigenvalue weighted by atomic mass is 32.1. The van der Waals surface area contributed by atoms with Crippen molar-refractivity contribution in [2.45, 2.75) is 25.8 Å². The lowest BCUT2D eigenvalue weighted by atomic mass is 10.1. The Kier molecular flexibility index (Phi) is 4.25. The number of aromatic nitrogens is 1. The second-order valence-corrected chi connectivity index (χ2v) is 4.86. The highest BCUT2D eigenvalue weighted by molar-refractivity contribution is 7.10. The Morgan fingerprint density at radius 2 is 2.29 bits per heavy atom. The van der Waals surface area contributed by atoms with Crippen LogP contribution in [0.1, 0.15) is 29.1 Å². The van der Waals surface area contributed by atoms with Gasteiger partial charge in [0.15, 0.2) is 0 Å². The van der Waals surface area contributed by atoms with Crippen molar-refractivity contribution in [2.75, 3.05) is 0 Å². The molecule has 17 heavy (non-hydrogen) atoms. The summed E-state index contributed by atoms with van der Waals surface area (Å²) >= 11 is 1.76. The van der Waals surface area contributed by atoms with E-state index < -0.39 is 0 Å². The van der Waals surface area contributed by atoms with Gasteiger partial charge >= 0.3 is 0 Å².